The summed E-state index contributed by atoms with van der Waals surface area (Å²) < 4.78 is 4.87. The van der Waals surface area contributed by atoms with Crippen LogP contribution in [0.2, 0.25) is 0 Å². The Balaban J connectivity index is 2.17. The van der Waals surface area contributed by atoms with Gasteiger partial charge >= 0.3 is 0 Å². The summed E-state index contributed by atoms with van der Waals surface area (Å²) in [7, 11) is 3.58. The Morgan fingerprint density at radius 2 is 2.06 bits per heavy atom. The topological polar surface area (TPSA) is 41.6 Å². The molecule has 4 heteroatoms. The summed E-state index contributed by atoms with van der Waals surface area (Å²) in [5.41, 5.74) is 1.30. The molecule has 0 fully saturated rings. The predicted molar refractivity (Wildman–Crippen MR) is 72.5 cm³/mol. The van der Waals surface area contributed by atoms with Gasteiger partial charge in [-0.2, -0.15) is 0 Å². The second kappa shape index (κ2) is 8.66. The second-order valence-corrected chi connectivity index (χ2v) is 4.32. The zero-order chi connectivity index (χ0) is 13.2. The van der Waals surface area contributed by atoms with Gasteiger partial charge in [0.05, 0.1) is 13.2 Å². The van der Waals surface area contributed by atoms with Gasteiger partial charge in [-0.15, -0.1) is 0 Å². The van der Waals surface area contributed by atoms with E-state index in [9.17, 15) is 4.79 Å². The van der Waals surface area contributed by atoms with Crippen LogP contribution in [0.5, 0.6) is 0 Å². The number of likely N-dealkylation sites (N-methyl/N-ethyl adjacent to an activating group) is 1. The van der Waals surface area contributed by atoms with Crippen LogP contribution in [0, 0.1) is 0 Å². The zero-order valence-electron chi connectivity index (χ0n) is 11.2. The fourth-order valence-electron chi connectivity index (χ4n) is 1.64. The normalized spacial score (nSPS) is 10.6. The smallest absolute Gasteiger partial charge is 0.234 e. The third-order valence-corrected chi connectivity index (χ3v) is 2.67. The molecular formula is C14H22N2O2. The highest BCUT2D eigenvalue weighted by atomic mass is 16.5. The lowest BCUT2D eigenvalue weighted by Crippen LogP contribution is -2.37. The number of amides is 1. The van der Waals surface area contributed by atoms with E-state index < -0.39 is 0 Å². The van der Waals surface area contributed by atoms with Crippen LogP contribution in [0.25, 0.3) is 0 Å². The molecule has 4 nitrogen and oxygen atoms in total. The van der Waals surface area contributed by atoms with E-state index in [1.807, 2.05) is 30.1 Å². The minimum absolute atomic E-state index is 0.0441. The van der Waals surface area contributed by atoms with Crippen molar-refractivity contribution in [2.45, 2.75) is 6.42 Å². The lowest BCUT2D eigenvalue weighted by atomic mass is 10.1. The molecular weight excluding hydrogens is 228 g/mol. The van der Waals surface area contributed by atoms with Crippen molar-refractivity contribution in [2.75, 3.05) is 40.4 Å². The number of methoxy groups -OCH3 is 1. The van der Waals surface area contributed by atoms with E-state index in [0.717, 1.165) is 13.0 Å². The van der Waals surface area contributed by atoms with E-state index in [1.54, 1.807) is 7.11 Å². The largest absolute Gasteiger partial charge is 0.383 e. The maximum atomic E-state index is 11.5. The highest BCUT2D eigenvalue weighted by Gasteiger charge is 2.05. The summed E-state index contributed by atoms with van der Waals surface area (Å²) in [5, 5.41) is 2.81. The first-order valence-electron chi connectivity index (χ1n) is 6.20. The number of nitrogens with one attached hydrogen (secondary N) is 1. The monoisotopic (exact) mass is 250 g/mol. The third-order valence-electron chi connectivity index (χ3n) is 2.67. The number of hydrogen-bond acceptors (Lipinski definition) is 3. The van der Waals surface area contributed by atoms with Crippen molar-refractivity contribution in [3.05, 3.63) is 35.9 Å². The fraction of sp³-hybridized carbons (Fsp3) is 0.500. The number of carbonyl (C=O) groups is 1. The van der Waals surface area contributed by atoms with Gasteiger partial charge in [-0.1, -0.05) is 30.3 Å². The van der Waals surface area contributed by atoms with Crippen molar-refractivity contribution in [3.63, 3.8) is 0 Å². The van der Waals surface area contributed by atoms with Gasteiger partial charge in [-0.3, -0.25) is 9.69 Å². The average Bonchev–Trinajstić information content (AvgIpc) is 2.38. The van der Waals surface area contributed by atoms with Crippen LogP contribution >= 0.6 is 0 Å². The molecule has 0 aliphatic heterocycles. The maximum Gasteiger partial charge on any atom is 0.234 e. The lowest BCUT2D eigenvalue weighted by Gasteiger charge is -2.16. The summed E-state index contributed by atoms with van der Waals surface area (Å²) in [5.74, 6) is 0.0441. The summed E-state index contributed by atoms with van der Waals surface area (Å²) in [4.78, 5) is 13.6. The first-order valence-corrected chi connectivity index (χ1v) is 6.20. The molecule has 0 unspecified atom stereocenters. The van der Waals surface area contributed by atoms with Gasteiger partial charge in [0, 0.05) is 20.2 Å². The molecule has 0 atom stereocenters. The molecule has 0 aliphatic carbocycles. The molecule has 0 aromatic heterocycles. The summed E-state index contributed by atoms with van der Waals surface area (Å²) >= 11 is 0. The highest BCUT2D eigenvalue weighted by molar-refractivity contribution is 5.77. The van der Waals surface area contributed by atoms with Gasteiger partial charge in [-0.05, 0) is 19.0 Å². The van der Waals surface area contributed by atoms with Crippen molar-refractivity contribution in [3.8, 4) is 0 Å². The predicted octanol–water partition coefficient (Wildman–Crippen LogP) is 0.924. The summed E-state index contributed by atoms with van der Waals surface area (Å²) in [6.45, 7) is 2.43. The van der Waals surface area contributed by atoms with Crippen LogP contribution in [-0.2, 0) is 16.0 Å². The molecule has 18 heavy (non-hydrogen) atoms. The zero-order valence-corrected chi connectivity index (χ0v) is 11.2. The van der Waals surface area contributed by atoms with Crippen molar-refractivity contribution >= 4 is 5.91 Å². The van der Waals surface area contributed by atoms with Crippen LogP contribution in [0.4, 0.5) is 0 Å². The number of nitrogens with zero attached hydrogens (tertiary/aromatic N) is 1. The van der Waals surface area contributed by atoms with Gasteiger partial charge in [0.1, 0.15) is 0 Å². The van der Waals surface area contributed by atoms with Crippen molar-refractivity contribution in [1.29, 1.82) is 0 Å². The van der Waals surface area contributed by atoms with Crippen LogP contribution in [0.15, 0.2) is 30.3 Å². The Labute approximate surface area is 109 Å². The molecule has 1 amide bonds. The van der Waals surface area contributed by atoms with Crippen LogP contribution in [0.3, 0.4) is 0 Å². The SMILES string of the molecule is COCCNC(=O)CN(C)CCc1ccccc1. The maximum absolute atomic E-state index is 11.5. The van der Waals surface area contributed by atoms with Gasteiger partial charge in [-0.25, -0.2) is 0 Å². The number of ether oxygens (including phenoxy) is 1. The van der Waals surface area contributed by atoms with Crippen LogP contribution in [-0.4, -0.2) is 51.2 Å². The van der Waals surface area contributed by atoms with E-state index in [0.29, 0.717) is 19.7 Å². The Morgan fingerprint density at radius 1 is 1.33 bits per heavy atom. The highest BCUT2D eigenvalue weighted by Crippen LogP contribution is 2.00. The van der Waals surface area contributed by atoms with Crippen molar-refractivity contribution < 1.29 is 9.53 Å². The molecule has 0 saturated carbocycles. The Morgan fingerprint density at radius 3 is 2.72 bits per heavy atom. The summed E-state index contributed by atoms with van der Waals surface area (Å²) in [6, 6.07) is 10.3. The van der Waals surface area contributed by atoms with Crippen LogP contribution in [0.1, 0.15) is 5.56 Å². The average molecular weight is 250 g/mol. The molecule has 1 aromatic carbocycles. The number of rotatable bonds is 8. The van der Waals surface area contributed by atoms with E-state index in [2.05, 4.69) is 17.4 Å². The first-order chi connectivity index (χ1) is 8.72. The number of hydrogen-bond donors (Lipinski definition) is 1. The van der Waals surface area contributed by atoms with E-state index in [4.69, 9.17) is 4.74 Å². The van der Waals surface area contributed by atoms with E-state index in [1.165, 1.54) is 5.56 Å². The number of carbonyl (C=O) groups excluding carboxylic acids is 1. The van der Waals surface area contributed by atoms with Gasteiger partial charge < -0.3 is 10.1 Å². The summed E-state index contributed by atoms with van der Waals surface area (Å²) in [6.07, 6.45) is 0.961. The quantitative estimate of drug-likeness (QED) is 0.698. The van der Waals surface area contributed by atoms with Gasteiger partial charge in [0.15, 0.2) is 0 Å². The molecule has 1 aromatic rings. The van der Waals surface area contributed by atoms with Crippen molar-refractivity contribution in [2.24, 2.45) is 0 Å². The van der Waals surface area contributed by atoms with Crippen LogP contribution < -0.4 is 5.32 Å². The second-order valence-electron chi connectivity index (χ2n) is 4.32. The molecule has 0 heterocycles. The molecule has 1 rings (SSSR count). The molecule has 0 radical (unpaired) electrons. The number of benzene rings is 1. The van der Waals surface area contributed by atoms with E-state index in [-0.39, 0.29) is 5.91 Å². The molecule has 0 bridgehead atoms. The molecule has 1 N–H and O–H groups in total. The third kappa shape index (κ3) is 6.37. The Hall–Kier alpha value is -1.39. The Bertz CT molecular complexity index is 341. The lowest BCUT2D eigenvalue weighted by molar-refractivity contribution is -0.122. The minimum Gasteiger partial charge on any atom is -0.383 e. The molecule has 0 aliphatic rings. The molecule has 0 saturated heterocycles. The van der Waals surface area contributed by atoms with Gasteiger partial charge in [0.25, 0.3) is 0 Å². The molecule has 0 spiro atoms. The van der Waals surface area contributed by atoms with Crippen molar-refractivity contribution in [1.82, 2.24) is 10.2 Å². The first kappa shape index (κ1) is 14.7. The van der Waals surface area contributed by atoms with E-state index >= 15 is 0 Å². The Kier molecular flexibility index (Phi) is 7.06. The minimum atomic E-state index is 0.0441. The van der Waals surface area contributed by atoms with Gasteiger partial charge in [0.2, 0.25) is 5.91 Å². The standard InChI is InChI=1S/C14H22N2O2/c1-16(12-14(17)15-9-11-18-2)10-8-13-6-4-3-5-7-13/h3-7H,8-12H2,1-2H3,(H,15,17). The molecule has 100 valence electrons. The fourth-order valence-corrected chi connectivity index (χ4v) is 1.64.